The van der Waals surface area contributed by atoms with Gasteiger partial charge >= 0.3 is 5.97 Å². The molecule has 2 unspecified atom stereocenters. The molecule has 92 valence electrons. The molecule has 1 saturated carbocycles. The van der Waals surface area contributed by atoms with Gasteiger partial charge in [-0.1, -0.05) is 19.8 Å². The SMILES string of the molecule is COC(=O)/C=C/NCC1(O)CCCC(C)C1. The van der Waals surface area contributed by atoms with Crippen LogP contribution >= 0.6 is 0 Å². The van der Waals surface area contributed by atoms with Crippen molar-refractivity contribution in [3.63, 3.8) is 0 Å². The molecular formula is C12H21NO3. The highest BCUT2D eigenvalue weighted by Crippen LogP contribution is 2.31. The smallest absolute Gasteiger partial charge is 0.331 e. The van der Waals surface area contributed by atoms with Crippen LogP contribution in [0.25, 0.3) is 0 Å². The van der Waals surface area contributed by atoms with Crippen LogP contribution in [0, 0.1) is 5.92 Å². The number of carbonyl (C=O) groups is 1. The lowest BCUT2D eigenvalue weighted by atomic mass is 9.79. The van der Waals surface area contributed by atoms with Gasteiger partial charge < -0.3 is 15.2 Å². The minimum atomic E-state index is -0.627. The summed E-state index contributed by atoms with van der Waals surface area (Å²) in [5.74, 6) is 0.182. The molecule has 4 heteroatoms. The van der Waals surface area contributed by atoms with Gasteiger partial charge in [0, 0.05) is 18.8 Å². The number of aliphatic hydroxyl groups is 1. The van der Waals surface area contributed by atoms with E-state index in [4.69, 9.17) is 0 Å². The second-order valence-corrected chi connectivity index (χ2v) is 4.66. The average molecular weight is 227 g/mol. The molecule has 0 aromatic rings. The fourth-order valence-electron chi connectivity index (χ4n) is 2.24. The van der Waals surface area contributed by atoms with Crippen LogP contribution in [0.4, 0.5) is 0 Å². The Morgan fingerprint density at radius 1 is 1.69 bits per heavy atom. The Kier molecular flexibility index (Phi) is 4.80. The van der Waals surface area contributed by atoms with Crippen LogP contribution < -0.4 is 5.32 Å². The number of hydrogen-bond donors (Lipinski definition) is 2. The molecule has 1 rings (SSSR count). The molecule has 0 radical (unpaired) electrons. The summed E-state index contributed by atoms with van der Waals surface area (Å²) in [6.45, 7) is 2.65. The molecule has 0 amide bonds. The number of rotatable bonds is 4. The first-order valence-electron chi connectivity index (χ1n) is 5.76. The highest BCUT2D eigenvalue weighted by Gasteiger charge is 2.31. The van der Waals surface area contributed by atoms with Crippen molar-refractivity contribution in [1.82, 2.24) is 5.32 Å². The summed E-state index contributed by atoms with van der Waals surface area (Å²) in [5.41, 5.74) is -0.627. The van der Waals surface area contributed by atoms with Crippen molar-refractivity contribution in [3.05, 3.63) is 12.3 Å². The minimum Gasteiger partial charge on any atom is -0.466 e. The third kappa shape index (κ3) is 4.23. The van der Waals surface area contributed by atoms with Crippen molar-refractivity contribution < 1.29 is 14.6 Å². The molecule has 0 spiro atoms. The molecule has 2 N–H and O–H groups in total. The van der Waals surface area contributed by atoms with Gasteiger partial charge in [-0.15, -0.1) is 0 Å². The van der Waals surface area contributed by atoms with Crippen molar-refractivity contribution in [2.24, 2.45) is 5.92 Å². The maximum atomic E-state index is 10.8. The van der Waals surface area contributed by atoms with E-state index in [2.05, 4.69) is 17.0 Å². The van der Waals surface area contributed by atoms with Crippen LogP contribution in [-0.4, -0.2) is 30.3 Å². The monoisotopic (exact) mass is 227 g/mol. The zero-order valence-corrected chi connectivity index (χ0v) is 10.0. The molecule has 0 aromatic carbocycles. The van der Waals surface area contributed by atoms with Crippen molar-refractivity contribution in [2.75, 3.05) is 13.7 Å². The Hall–Kier alpha value is -1.03. The summed E-state index contributed by atoms with van der Waals surface area (Å²) < 4.78 is 4.46. The molecule has 0 aliphatic heterocycles. The number of nitrogens with one attached hydrogen (secondary N) is 1. The lowest BCUT2D eigenvalue weighted by Gasteiger charge is -2.35. The fraction of sp³-hybridized carbons (Fsp3) is 0.750. The highest BCUT2D eigenvalue weighted by atomic mass is 16.5. The molecule has 1 aliphatic rings. The summed E-state index contributed by atoms with van der Waals surface area (Å²) in [6.07, 6.45) is 6.77. The third-order valence-electron chi connectivity index (χ3n) is 3.04. The summed E-state index contributed by atoms with van der Waals surface area (Å²) in [4.78, 5) is 10.8. The molecule has 1 aliphatic carbocycles. The van der Waals surface area contributed by atoms with Crippen LogP contribution in [0.5, 0.6) is 0 Å². The Labute approximate surface area is 96.7 Å². The van der Waals surface area contributed by atoms with E-state index in [0.717, 1.165) is 19.3 Å². The molecule has 0 bridgehead atoms. The number of hydrogen-bond acceptors (Lipinski definition) is 4. The maximum Gasteiger partial charge on any atom is 0.331 e. The van der Waals surface area contributed by atoms with E-state index in [-0.39, 0.29) is 0 Å². The summed E-state index contributed by atoms with van der Waals surface area (Å²) >= 11 is 0. The van der Waals surface area contributed by atoms with Gasteiger partial charge in [-0.25, -0.2) is 4.79 Å². The fourth-order valence-corrected chi connectivity index (χ4v) is 2.24. The first kappa shape index (κ1) is 13.0. The van der Waals surface area contributed by atoms with Crippen LogP contribution in [-0.2, 0) is 9.53 Å². The van der Waals surface area contributed by atoms with Crippen LogP contribution in [0.3, 0.4) is 0 Å². The Bertz CT molecular complexity index is 265. The second kappa shape index (κ2) is 5.89. The maximum absolute atomic E-state index is 10.8. The first-order valence-corrected chi connectivity index (χ1v) is 5.76. The van der Waals surface area contributed by atoms with E-state index in [1.807, 2.05) is 0 Å². The molecule has 4 nitrogen and oxygen atoms in total. The molecule has 2 atom stereocenters. The zero-order chi connectivity index (χ0) is 12.0. The largest absolute Gasteiger partial charge is 0.466 e. The Morgan fingerprint density at radius 3 is 3.06 bits per heavy atom. The van der Waals surface area contributed by atoms with Gasteiger partial charge in [0.1, 0.15) is 0 Å². The van der Waals surface area contributed by atoms with Gasteiger partial charge in [0.2, 0.25) is 0 Å². The van der Waals surface area contributed by atoms with Crippen molar-refractivity contribution in [3.8, 4) is 0 Å². The van der Waals surface area contributed by atoms with E-state index in [9.17, 15) is 9.90 Å². The van der Waals surface area contributed by atoms with Gasteiger partial charge in [-0.05, 0) is 18.8 Å². The minimum absolute atomic E-state index is 0.392. The molecule has 1 fully saturated rings. The average Bonchev–Trinajstić information content (AvgIpc) is 2.23. The van der Waals surface area contributed by atoms with Gasteiger partial charge in [-0.2, -0.15) is 0 Å². The zero-order valence-electron chi connectivity index (χ0n) is 10.0. The predicted molar refractivity (Wildman–Crippen MR) is 61.7 cm³/mol. The van der Waals surface area contributed by atoms with Crippen molar-refractivity contribution >= 4 is 5.97 Å². The summed E-state index contributed by atoms with van der Waals surface area (Å²) in [5, 5.41) is 13.2. The number of esters is 1. The molecule has 16 heavy (non-hydrogen) atoms. The van der Waals surface area contributed by atoms with Crippen LogP contribution in [0.1, 0.15) is 32.6 Å². The van der Waals surface area contributed by atoms with Gasteiger partial charge in [0.15, 0.2) is 0 Å². The Morgan fingerprint density at radius 2 is 2.44 bits per heavy atom. The molecule has 0 saturated heterocycles. The van der Waals surface area contributed by atoms with E-state index < -0.39 is 11.6 Å². The number of ether oxygens (including phenoxy) is 1. The number of carbonyl (C=O) groups excluding carboxylic acids is 1. The van der Waals surface area contributed by atoms with E-state index >= 15 is 0 Å². The van der Waals surface area contributed by atoms with Gasteiger partial charge in [-0.3, -0.25) is 0 Å². The summed E-state index contributed by atoms with van der Waals surface area (Å²) in [6, 6.07) is 0. The number of methoxy groups -OCH3 is 1. The van der Waals surface area contributed by atoms with E-state index in [0.29, 0.717) is 12.5 Å². The van der Waals surface area contributed by atoms with Crippen LogP contribution in [0.15, 0.2) is 12.3 Å². The van der Waals surface area contributed by atoms with Gasteiger partial charge in [0.05, 0.1) is 12.7 Å². The lowest BCUT2D eigenvalue weighted by Crippen LogP contribution is -2.42. The quantitative estimate of drug-likeness (QED) is 0.560. The normalized spacial score (nSPS) is 30.3. The highest BCUT2D eigenvalue weighted by molar-refractivity contribution is 5.81. The molecule has 0 heterocycles. The van der Waals surface area contributed by atoms with Crippen molar-refractivity contribution in [1.29, 1.82) is 0 Å². The molecular weight excluding hydrogens is 206 g/mol. The van der Waals surface area contributed by atoms with E-state index in [1.165, 1.54) is 25.8 Å². The Balaban J connectivity index is 2.30. The lowest BCUT2D eigenvalue weighted by molar-refractivity contribution is -0.134. The second-order valence-electron chi connectivity index (χ2n) is 4.66. The topological polar surface area (TPSA) is 58.6 Å². The van der Waals surface area contributed by atoms with Gasteiger partial charge in [0.25, 0.3) is 0 Å². The van der Waals surface area contributed by atoms with E-state index in [1.54, 1.807) is 0 Å². The summed E-state index contributed by atoms with van der Waals surface area (Å²) in [7, 11) is 1.34. The third-order valence-corrected chi connectivity index (χ3v) is 3.04. The molecule has 0 aromatic heterocycles. The van der Waals surface area contributed by atoms with Crippen LogP contribution in [0.2, 0.25) is 0 Å². The first-order chi connectivity index (χ1) is 7.56. The standard InChI is InChI=1S/C12H21NO3/c1-10-4-3-6-12(15,8-10)9-13-7-5-11(14)16-2/h5,7,10,13,15H,3-4,6,8-9H2,1-2H3/b7-5+. The van der Waals surface area contributed by atoms with Crippen molar-refractivity contribution in [2.45, 2.75) is 38.2 Å². The predicted octanol–water partition coefficient (Wildman–Crippen LogP) is 1.20.